The second-order valence-corrected chi connectivity index (χ2v) is 7.95. The van der Waals surface area contributed by atoms with Crippen LogP contribution in [0.3, 0.4) is 0 Å². The lowest BCUT2D eigenvalue weighted by atomic mass is 9.74. The number of hydrogen-bond acceptors (Lipinski definition) is 6. The number of methoxy groups -OCH3 is 1. The van der Waals surface area contributed by atoms with Gasteiger partial charge in [0.2, 0.25) is 0 Å². The molecule has 1 radical (unpaired) electrons. The molecule has 0 amide bonds. The molecule has 27 heavy (non-hydrogen) atoms. The van der Waals surface area contributed by atoms with Crippen LogP contribution < -0.4 is 5.32 Å². The first kappa shape index (κ1) is 21.2. The topological polar surface area (TPSA) is 87.8 Å². The van der Waals surface area contributed by atoms with Gasteiger partial charge in [-0.25, -0.2) is 9.59 Å². The van der Waals surface area contributed by atoms with Gasteiger partial charge in [-0.3, -0.25) is 0 Å². The van der Waals surface area contributed by atoms with Crippen molar-refractivity contribution in [2.24, 2.45) is 5.92 Å². The van der Waals surface area contributed by atoms with E-state index in [2.05, 4.69) is 5.32 Å². The van der Waals surface area contributed by atoms with Gasteiger partial charge in [-0.2, -0.15) is 0 Å². The number of allylic oxidation sites excluding steroid dienone is 2. The van der Waals surface area contributed by atoms with Crippen molar-refractivity contribution in [3.63, 3.8) is 0 Å². The zero-order valence-electron chi connectivity index (χ0n) is 17.4. The molecule has 0 aromatic rings. The van der Waals surface area contributed by atoms with Crippen LogP contribution in [0.5, 0.6) is 0 Å². The van der Waals surface area contributed by atoms with Gasteiger partial charge >= 0.3 is 11.9 Å². The molecular weight excluding hydrogens is 348 g/mol. The Morgan fingerprint density at radius 2 is 1.63 bits per heavy atom. The number of hydroxylamine groups is 2. The van der Waals surface area contributed by atoms with E-state index in [4.69, 9.17) is 9.47 Å². The van der Waals surface area contributed by atoms with Crippen LogP contribution in [-0.2, 0) is 24.3 Å². The van der Waals surface area contributed by atoms with E-state index < -0.39 is 28.9 Å². The van der Waals surface area contributed by atoms with Gasteiger partial charge in [0.25, 0.3) is 0 Å². The number of ether oxygens (including phenoxy) is 2. The summed E-state index contributed by atoms with van der Waals surface area (Å²) in [5.74, 6) is -1.77. The molecule has 149 valence electrons. The number of nitrogens with zero attached hydrogens (tertiary/aromatic N) is 1. The van der Waals surface area contributed by atoms with E-state index in [1.807, 2.05) is 19.9 Å². The van der Waals surface area contributed by atoms with Crippen LogP contribution in [0.1, 0.15) is 48.5 Å². The summed E-state index contributed by atoms with van der Waals surface area (Å²) in [4.78, 5) is 25.4. The normalized spacial score (nSPS) is 24.5. The lowest BCUT2D eigenvalue weighted by Gasteiger charge is -2.38. The van der Waals surface area contributed by atoms with E-state index in [0.29, 0.717) is 28.1 Å². The van der Waals surface area contributed by atoms with Crippen molar-refractivity contribution in [3.05, 3.63) is 34.2 Å². The Kier molecular flexibility index (Phi) is 5.59. The number of carbonyl (C=O) groups excluding carboxylic acids is 2. The fraction of sp³-hybridized carbons (Fsp3) is 0.600. The molecule has 0 saturated carbocycles. The smallest absolute Gasteiger partial charge is 0.336 e. The fourth-order valence-electron chi connectivity index (χ4n) is 4.05. The molecule has 2 aliphatic rings. The molecule has 0 aliphatic carbocycles. The van der Waals surface area contributed by atoms with E-state index in [0.717, 1.165) is 5.06 Å². The average Bonchev–Trinajstić information content (AvgIpc) is 2.73. The Morgan fingerprint density at radius 1 is 1.11 bits per heavy atom. The summed E-state index contributed by atoms with van der Waals surface area (Å²) in [6.45, 7) is 12.7. The van der Waals surface area contributed by atoms with Crippen molar-refractivity contribution < 1.29 is 24.3 Å². The van der Waals surface area contributed by atoms with Crippen LogP contribution in [0.25, 0.3) is 0 Å². The van der Waals surface area contributed by atoms with Crippen LogP contribution >= 0.6 is 0 Å². The van der Waals surface area contributed by atoms with Gasteiger partial charge < -0.3 is 14.8 Å². The predicted octanol–water partition coefficient (Wildman–Crippen LogP) is 2.63. The van der Waals surface area contributed by atoms with Crippen LogP contribution in [0.4, 0.5) is 0 Å². The summed E-state index contributed by atoms with van der Waals surface area (Å²) in [5, 5.41) is 17.0. The van der Waals surface area contributed by atoms with Gasteiger partial charge in [0.1, 0.15) is 0 Å². The molecule has 7 heteroatoms. The number of hydrogen-bond donors (Lipinski definition) is 1. The van der Waals surface area contributed by atoms with Gasteiger partial charge in [0.15, 0.2) is 0 Å². The van der Waals surface area contributed by atoms with E-state index in [1.54, 1.807) is 34.6 Å². The Labute approximate surface area is 160 Å². The van der Waals surface area contributed by atoms with Crippen molar-refractivity contribution in [3.8, 4) is 0 Å². The van der Waals surface area contributed by atoms with E-state index in [1.165, 1.54) is 7.11 Å². The first-order valence-electron chi connectivity index (χ1n) is 9.04. The van der Waals surface area contributed by atoms with Crippen molar-refractivity contribution in [1.29, 1.82) is 0 Å². The zero-order valence-corrected chi connectivity index (χ0v) is 17.4. The number of nitrogens with one attached hydrogen (secondary N) is 1. The second-order valence-electron chi connectivity index (χ2n) is 7.95. The third kappa shape index (κ3) is 3.41. The summed E-state index contributed by atoms with van der Waals surface area (Å²) >= 11 is 0. The van der Waals surface area contributed by atoms with Crippen molar-refractivity contribution in [1.82, 2.24) is 10.4 Å². The third-order valence-corrected chi connectivity index (χ3v) is 5.22. The standard InChI is InChI=1S/C20H29N2O5/c1-9-27-18(24)15-12(3)21-11(2)14(17(23)26-8)16(15)13-10-19(4,5)22(25)20(13,6)7/h10,16,21H,9H2,1-8H3. The minimum atomic E-state index is -0.914. The maximum Gasteiger partial charge on any atom is 0.336 e. The molecule has 1 N–H and O–H groups in total. The molecule has 0 saturated heterocycles. The zero-order chi connectivity index (χ0) is 20.7. The maximum absolute atomic E-state index is 12.9. The highest BCUT2D eigenvalue weighted by molar-refractivity contribution is 5.99. The summed E-state index contributed by atoms with van der Waals surface area (Å²) in [5.41, 5.74) is 0.838. The maximum atomic E-state index is 12.9. The SMILES string of the molecule is CCOC(=O)C1=C(C)NC(C)=C(C(=O)OC)C1C1=CC(C)(C)N([O])C1(C)C. The number of dihydropyridines is 1. The van der Waals surface area contributed by atoms with E-state index in [-0.39, 0.29) is 6.61 Å². The van der Waals surface area contributed by atoms with Crippen molar-refractivity contribution in [2.45, 2.75) is 59.5 Å². The lowest BCUT2D eigenvalue weighted by molar-refractivity contribution is -0.239. The lowest BCUT2D eigenvalue weighted by Crippen LogP contribution is -2.48. The predicted molar refractivity (Wildman–Crippen MR) is 99.4 cm³/mol. The summed E-state index contributed by atoms with van der Waals surface area (Å²) in [7, 11) is 1.30. The fourth-order valence-corrected chi connectivity index (χ4v) is 4.05. The minimum absolute atomic E-state index is 0.209. The number of esters is 2. The van der Waals surface area contributed by atoms with Gasteiger partial charge in [-0.05, 0) is 54.0 Å². The average molecular weight is 377 g/mol. The van der Waals surface area contributed by atoms with Crippen LogP contribution in [0, 0.1) is 5.92 Å². The van der Waals surface area contributed by atoms with Gasteiger partial charge in [0, 0.05) is 17.3 Å². The molecule has 1 atom stereocenters. The highest BCUT2D eigenvalue weighted by Crippen LogP contribution is 2.48. The molecule has 0 bridgehead atoms. The van der Waals surface area contributed by atoms with Crippen LogP contribution in [0.2, 0.25) is 0 Å². The first-order chi connectivity index (χ1) is 12.4. The van der Waals surface area contributed by atoms with Gasteiger partial charge in [0.05, 0.1) is 35.9 Å². The van der Waals surface area contributed by atoms with Gasteiger partial charge in [-0.15, -0.1) is 10.3 Å². The first-order valence-corrected chi connectivity index (χ1v) is 9.04. The van der Waals surface area contributed by atoms with Crippen molar-refractivity contribution in [2.75, 3.05) is 13.7 Å². The minimum Gasteiger partial charge on any atom is -0.466 e. The Hall–Kier alpha value is -2.12. The van der Waals surface area contributed by atoms with Gasteiger partial charge in [-0.1, -0.05) is 6.08 Å². The van der Waals surface area contributed by atoms with Crippen LogP contribution in [-0.4, -0.2) is 41.8 Å². The number of carbonyl (C=O) groups is 2. The molecular formula is C20H29N2O5. The second kappa shape index (κ2) is 7.13. The van der Waals surface area contributed by atoms with E-state index in [9.17, 15) is 14.8 Å². The molecule has 0 fully saturated rings. The molecule has 7 nitrogen and oxygen atoms in total. The largest absolute Gasteiger partial charge is 0.466 e. The summed E-state index contributed by atoms with van der Waals surface area (Å²) in [6, 6.07) is 0. The summed E-state index contributed by atoms with van der Waals surface area (Å²) in [6.07, 6.45) is 1.85. The molecule has 1 unspecified atom stereocenters. The molecule has 0 spiro atoms. The summed E-state index contributed by atoms with van der Waals surface area (Å²) < 4.78 is 10.2. The Balaban J connectivity index is 2.75. The monoisotopic (exact) mass is 377 g/mol. The quantitative estimate of drug-likeness (QED) is 0.599. The van der Waals surface area contributed by atoms with Crippen molar-refractivity contribution >= 4 is 11.9 Å². The Morgan fingerprint density at radius 3 is 2.04 bits per heavy atom. The molecule has 2 rings (SSSR count). The molecule has 0 aromatic carbocycles. The highest BCUT2D eigenvalue weighted by atomic mass is 16.5. The van der Waals surface area contributed by atoms with Crippen LogP contribution in [0.15, 0.2) is 34.2 Å². The Bertz CT molecular complexity index is 758. The molecule has 2 aliphatic heterocycles. The molecule has 2 heterocycles. The number of rotatable bonds is 4. The van der Waals surface area contributed by atoms with E-state index >= 15 is 0 Å². The molecule has 0 aromatic heterocycles. The third-order valence-electron chi connectivity index (χ3n) is 5.22. The highest BCUT2D eigenvalue weighted by Gasteiger charge is 2.52.